The van der Waals surface area contributed by atoms with Gasteiger partial charge >= 0.3 is 0 Å². The number of hydrogen-bond donors (Lipinski definition) is 1. The van der Waals surface area contributed by atoms with E-state index in [2.05, 4.69) is 43.9 Å². The summed E-state index contributed by atoms with van der Waals surface area (Å²) in [6.07, 6.45) is 0. The SMILES string of the molecule is CC.CC(C)c1ccc2c(c1)CN(CCO)CC2C. The van der Waals surface area contributed by atoms with Crippen LogP contribution in [-0.2, 0) is 6.54 Å². The van der Waals surface area contributed by atoms with E-state index in [1.165, 1.54) is 16.7 Å². The standard InChI is InChI=1S/C15H23NO.C2H6/c1-11(2)13-4-5-15-12(3)9-16(6-7-17)10-14(15)8-13;1-2/h4-5,8,11-12,17H,6-7,9-10H2,1-3H3;1-2H3. The third kappa shape index (κ3) is 4.05. The lowest BCUT2D eigenvalue weighted by Gasteiger charge is -2.33. The summed E-state index contributed by atoms with van der Waals surface area (Å²) in [4.78, 5) is 2.34. The van der Waals surface area contributed by atoms with Gasteiger partial charge in [-0.2, -0.15) is 0 Å². The van der Waals surface area contributed by atoms with Crippen LogP contribution in [0.3, 0.4) is 0 Å². The lowest BCUT2D eigenvalue weighted by molar-refractivity contribution is 0.175. The molecule has 0 fully saturated rings. The largest absolute Gasteiger partial charge is 0.395 e. The number of rotatable bonds is 3. The molecule has 1 unspecified atom stereocenters. The van der Waals surface area contributed by atoms with E-state index in [9.17, 15) is 0 Å². The average molecular weight is 263 g/mol. The van der Waals surface area contributed by atoms with E-state index in [1.807, 2.05) is 13.8 Å². The molecule has 0 aliphatic carbocycles. The second-order valence-corrected chi connectivity index (χ2v) is 5.47. The van der Waals surface area contributed by atoms with Crippen molar-refractivity contribution >= 4 is 0 Å². The van der Waals surface area contributed by atoms with E-state index < -0.39 is 0 Å². The van der Waals surface area contributed by atoms with Crippen LogP contribution < -0.4 is 0 Å². The van der Waals surface area contributed by atoms with Crippen LogP contribution in [-0.4, -0.2) is 29.7 Å². The van der Waals surface area contributed by atoms with Crippen LogP contribution >= 0.6 is 0 Å². The molecule has 19 heavy (non-hydrogen) atoms. The summed E-state index contributed by atoms with van der Waals surface area (Å²) in [5.74, 6) is 1.16. The molecule has 2 rings (SSSR count). The average Bonchev–Trinajstić information content (AvgIpc) is 2.40. The third-order valence-electron chi connectivity index (χ3n) is 3.71. The van der Waals surface area contributed by atoms with Gasteiger partial charge in [0.15, 0.2) is 0 Å². The molecule has 1 N–H and O–H groups in total. The number of hydrogen-bond acceptors (Lipinski definition) is 2. The number of β-amino-alcohol motifs (C(OH)–C–C–N with tert-alkyl or cyclic N) is 1. The van der Waals surface area contributed by atoms with Crippen LogP contribution in [0.2, 0.25) is 0 Å². The van der Waals surface area contributed by atoms with Crippen molar-refractivity contribution in [3.8, 4) is 0 Å². The van der Waals surface area contributed by atoms with Gasteiger partial charge in [-0.1, -0.05) is 52.8 Å². The zero-order valence-corrected chi connectivity index (χ0v) is 13.1. The Morgan fingerprint density at radius 1 is 1.32 bits per heavy atom. The van der Waals surface area contributed by atoms with Gasteiger partial charge in [0.2, 0.25) is 0 Å². The van der Waals surface area contributed by atoms with Gasteiger partial charge in [-0.15, -0.1) is 0 Å². The molecule has 1 aromatic rings. The molecule has 0 bridgehead atoms. The third-order valence-corrected chi connectivity index (χ3v) is 3.71. The van der Waals surface area contributed by atoms with E-state index in [1.54, 1.807) is 0 Å². The fourth-order valence-electron chi connectivity index (χ4n) is 2.71. The fraction of sp³-hybridized carbons (Fsp3) is 0.647. The Balaban J connectivity index is 0.000000861. The van der Waals surface area contributed by atoms with Crippen molar-refractivity contribution in [3.63, 3.8) is 0 Å². The van der Waals surface area contributed by atoms with Crippen LogP contribution in [0.5, 0.6) is 0 Å². The summed E-state index contributed by atoms with van der Waals surface area (Å²) in [7, 11) is 0. The van der Waals surface area contributed by atoms with Crippen molar-refractivity contribution < 1.29 is 5.11 Å². The number of nitrogens with zero attached hydrogens (tertiary/aromatic N) is 1. The highest BCUT2D eigenvalue weighted by Crippen LogP contribution is 2.30. The summed E-state index contributed by atoms with van der Waals surface area (Å²) >= 11 is 0. The van der Waals surface area contributed by atoms with Crippen molar-refractivity contribution in [1.29, 1.82) is 0 Å². The fourth-order valence-corrected chi connectivity index (χ4v) is 2.71. The topological polar surface area (TPSA) is 23.5 Å². The molecule has 1 aliphatic heterocycles. The molecule has 1 aliphatic rings. The van der Waals surface area contributed by atoms with Gasteiger partial charge < -0.3 is 5.11 Å². The first-order chi connectivity index (χ1) is 9.11. The normalized spacial score (nSPS) is 18.8. The summed E-state index contributed by atoms with van der Waals surface area (Å²) in [5.41, 5.74) is 4.36. The molecule has 0 saturated heterocycles. The Morgan fingerprint density at radius 3 is 2.58 bits per heavy atom. The summed E-state index contributed by atoms with van der Waals surface area (Å²) in [5, 5.41) is 9.05. The quantitative estimate of drug-likeness (QED) is 0.898. The van der Waals surface area contributed by atoms with Crippen molar-refractivity contribution in [2.24, 2.45) is 0 Å². The Bertz CT molecular complexity index is 387. The zero-order valence-electron chi connectivity index (χ0n) is 13.1. The lowest BCUT2D eigenvalue weighted by Crippen LogP contribution is -2.34. The summed E-state index contributed by atoms with van der Waals surface area (Å²) < 4.78 is 0. The van der Waals surface area contributed by atoms with E-state index in [0.29, 0.717) is 11.8 Å². The smallest absolute Gasteiger partial charge is 0.0558 e. The van der Waals surface area contributed by atoms with E-state index >= 15 is 0 Å². The first-order valence-corrected chi connectivity index (χ1v) is 7.57. The Labute approximate surface area is 118 Å². The molecular formula is C17H29NO. The van der Waals surface area contributed by atoms with Gasteiger partial charge in [-0.3, -0.25) is 4.90 Å². The van der Waals surface area contributed by atoms with Gasteiger partial charge in [0, 0.05) is 19.6 Å². The van der Waals surface area contributed by atoms with Crippen molar-refractivity contribution in [1.82, 2.24) is 4.90 Å². The van der Waals surface area contributed by atoms with Crippen LogP contribution in [0.1, 0.15) is 63.1 Å². The van der Waals surface area contributed by atoms with Gasteiger partial charge in [-0.25, -0.2) is 0 Å². The van der Waals surface area contributed by atoms with Crippen molar-refractivity contribution in [2.75, 3.05) is 19.7 Å². The molecule has 108 valence electrons. The molecule has 1 atom stereocenters. The Hall–Kier alpha value is -0.860. The number of aliphatic hydroxyl groups is 1. The van der Waals surface area contributed by atoms with Crippen LogP contribution in [0, 0.1) is 0 Å². The highest BCUT2D eigenvalue weighted by molar-refractivity contribution is 5.37. The Morgan fingerprint density at radius 2 is 2.00 bits per heavy atom. The van der Waals surface area contributed by atoms with Gasteiger partial charge in [0.05, 0.1) is 6.61 Å². The van der Waals surface area contributed by atoms with Crippen LogP contribution in [0.25, 0.3) is 0 Å². The maximum Gasteiger partial charge on any atom is 0.0558 e. The maximum atomic E-state index is 9.05. The summed E-state index contributed by atoms with van der Waals surface area (Å²) in [6, 6.07) is 6.91. The first-order valence-electron chi connectivity index (χ1n) is 7.57. The molecule has 1 aromatic carbocycles. The van der Waals surface area contributed by atoms with Crippen molar-refractivity contribution in [2.45, 2.75) is 53.0 Å². The number of benzene rings is 1. The molecule has 2 heteroatoms. The Kier molecular flexibility index (Phi) is 6.53. The minimum atomic E-state index is 0.256. The maximum absolute atomic E-state index is 9.05. The molecule has 1 heterocycles. The highest BCUT2D eigenvalue weighted by Gasteiger charge is 2.22. The van der Waals surface area contributed by atoms with Crippen molar-refractivity contribution in [3.05, 3.63) is 34.9 Å². The van der Waals surface area contributed by atoms with E-state index in [-0.39, 0.29) is 6.61 Å². The molecule has 0 saturated carbocycles. The molecule has 0 aromatic heterocycles. The molecule has 0 amide bonds. The van der Waals surface area contributed by atoms with Gasteiger partial charge in [-0.05, 0) is 28.5 Å². The number of aliphatic hydroxyl groups excluding tert-OH is 1. The minimum absolute atomic E-state index is 0.256. The molecular weight excluding hydrogens is 234 g/mol. The highest BCUT2D eigenvalue weighted by atomic mass is 16.3. The second-order valence-electron chi connectivity index (χ2n) is 5.47. The lowest BCUT2D eigenvalue weighted by atomic mass is 9.88. The monoisotopic (exact) mass is 263 g/mol. The molecule has 0 spiro atoms. The number of fused-ring (bicyclic) bond motifs is 1. The van der Waals surface area contributed by atoms with Gasteiger partial charge in [0.25, 0.3) is 0 Å². The molecule has 0 radical (unpaired) electrons. The predicted octanol–water partition coefficient (Wildman–Crippen LogP) is 3.75. The first kappa shape index (κ1) is 16.2. The predicted molar refractivity (Wildman–Crippen MR) is 82.7 cm³/mol. The minimum Gasteiger partial charge on any atom is -0.395 e. The molecule has 2 nitrogen and oxygen atoms in total. The van der Waals surface area contributed by atoms with Gasteiger partial charge in [0.1, 0.15) is 0 Å². The van der Waals surface area contributed by atoms with Crippen LogP contribution in [0.4, 0.5) is 0 Å². The zero-order chi connectivity index (χ0) is 14.4. The van der Waals surface area contributed by atoms with Crippen LogP contribution in [0.15, 0.2) is 18.2 Å². The van der Waals surface area contributed by atoms with E-state index in [4.69, 9.17) is 5.11 Å². The van der Waals surface area contributed by atoms with E-state index in [0.717, 1.165) is 19.6 Å². The second kappa shape index (κ2) is 7.66. The summed E-state index contributed by atoms with van der Waals surface area (Å²) in [6.45, 7) is 13.8.